The van der Waals surface area contributed by atoms with Gasteiger partial charge in [-0.2, -0.15) is 26.3 Å². The Morgan fingerprint density at radius 2 is 1.58 bits per heavy atom. The van der Waals surface area contributed by atoms with Crippen molar-refractivity contribution in [2.24, 2.45) is 0 Å². The van der Waals surface area contributed by atoms with E-state index in [0.29, 0.717) is 17.5 Å². The van der Waals surface area contributed by atoms with Crippen LogP contribution in [0.4, 0.5) is 32.3 Å². The van der Waals surface area contributed by atoms with Crippen molar-refractivity contribution in [1.29, 1.82) is 0 Å². The van der Waals surface area contributed by atoms with E-state index in [0.717, 1.165) is 4.57 Å². The maximum atomic E-state index is 13.0. The van der Waals surface area contributed by atoms with Gasteiger partial charge in [-0.3, -0.25) is 25.0 Å². The van der Waals surface area contributed by atoms with E-state index < -0.39 is 40.5 Å². The van der Waals surface area contributed by atoms with E-state index in [-0.39, 0.29) is 24.1 Å². The lowest BCUT2D eigenvalue weighted by Crippen LogP contribution is -2.34. The lowest BCUT2D eigenvalue weighted by atomic mass is 10.0. The summed E-state index contributed by atoms with van der Waals surface area (Å²) < 4.78 is 79.0. The highest BCUT2D eigenvalue weighted by atomic mass is 19.4. The summed E-state index contributed by atoms with van der Waals surface area (Å²) in [7, 11) is 0. The Morgan fingerprint density at radius 1 is 1.00 bits per heavy atom. The summed E-state index contributed by atoms with van der Waals surface area (Å²) in [6, 6.07) is 6.84. The second-order valence-corrected chi connectivity index (χ2v) is 6.38. The van der Waals surface area contributed by atoms with Crippen LogP contribution in [0.2, 0.25) is 0 Å². The van der Waals surface area contributed by atoms with Gasteiger partial charge in [0.2, 0.25) is 5.95 Å². The number of aromatic nitrogens is 2. The highest BCUT2D eigenvalue weighted by molar-refractivity contribution is 5.95. The molecule has 164 valence electrons. The van der Waals surface area contributed by atoms with Gasteiger partial charge in [-0.25, -0.2) is 4.98 Å². The van der Waals surface area contributed by atoms with Crippen LogP contribution in [0.1, 0.15) is 28.4 Å². The van der Waals surface area contributed by atoms with E-state index in [1.165, 1.54) is 6.07 Å². The summed E-state index contributed by atoms with van der Waals surface area (Å²) in [6.07, 6.45) is -10.2. The Labute approximate surface area is 170 Å². The van der Waals surface area contributed by atoms with Gasteiger partial charge in [-0.05, 0) is 37.3 Å². The molecule has 1 amide bonds. The summed E-state index contributed by atoms with van der Waals surface area (Å²) in [5.41, 5.74) is 0.0172. The molecule has 2 aromatic carbocycles. The summed E-state index contributed by atoms with van der Waals surface area (Å²) in [5, 5.41) is 0.300. The Kier molecular flexibility index (Phi) is 5.66. The number of anilines is 1. The zero-order chi connectivity index (χ0) is 23.0. The zero-order valence-corrected chi connectivity index (χ0v) is 15.7. The van der Waals surface area contributed by atoms with Gasteiger partial charge in [0.15, 0.2) is 0 Å². The van der Waals surface area contributed by atoms with Crippen molar-refractivity contribution in [3.63, 3.8) is 0 Å². The average molecular weight is 444 g/mol. The van der Waals surface area contributed by atoms with Crippen LogP contribution in [0.25, 0.3) is 10.9 Å². The van der Waals surface area contributed by atoms with E-state index in [4.69, 9.17) is 0 Å². The Morgan fingerprint density at radius 3 is 2.13 bits per heavy atom. The average Bonchev–Trinajstić information content (AvgIpc) is 2.70. The molecule has 0 atom stereocenters. The van der Waals surface area contributed by atoms with Gasteiger partial charge >= 0.3 is 12.4 Å². The van der Waals surface area contributed by atoms with Crippen LogP contribution in [-0.2, 0) is 18.9 Å². The SMILES string of the molecule is CCn1c(NNC(=O)c2cc(C(F)(F)F)cc(C(F)(F)F)c2)nc2ccccc2c1=O. The minimum absolute atomic E-state index is 0.0795. The number of carbonyl (C=O) groups excluding carboxylic acids is 1. The molecule has 0 spiro atoms. The van der Waals surface area contributed by atoms with Gasteiger partial charge in [0, 0.05) is 12.1 Å². The normalized spacial score (nSPS) is 12.1. The van der Waals surface area contributed by atoms with Crippen LogP contribution in [-0.4, -0.2) is 15.5 Å². The van der Waals surface area contributed by atoms with Crippen LogP contribution < -0.4 is 16.4 Å². The maximum absolute atomic E-state index is 13.0. The second kappa shape index (κ2) is 7.93. The first kappa shape index (κ1) is 22.1. The molecule has 0 aliphatic carbocycles. The molecule has 0 saturated heterocycles. The summed E-state index contributed by atoms with van der Waals surface area (Å²) in [5.74, 6) is -1.41. The lowest BCUT2D eigenvalue weighted by Gasteiger charge is -2.16. The molecule has 2 N–H and O–H groups in total. The van der Waals surface area contributed by atoms with Crippen molar-refractivity contribution >= 4 is 22.8 Å². The predicted octanol–water partition coefficient (Wildman–Crippen LogP) is 4.21. The molecule has 3 rings (SSSR count). The fraction of sp³-hybridized carbons (Fsp3) is 0.211. The van der Waals surface area contributed by atoms with Crippen molar-refractivity contribution in [1.82, 2.24) is 15.0 Å². The number of halogens is 6. The Balaban J connectivity index is 1.95. The molecule has 0 saturated carbocycles. The molecule has 0 aliphatic heterocycles. The van der Waals surface area contributed by atoms with Crippen molar-refractivity contribution in [2.75, 3.05) is 5.43 Å². The van der Waals surface area contributed by atoms with Gasteiger partial charge in [0.05, 0.1) is 22.0 Å². The minimum Gasteiger partial charge on any atom is -0.277 e. The number of rotatable bonds is 4. The Hall–Kier alpha value is -3.57. The second-order valence-electron chi connectivity index (χ2n) is 6.38. The molecular weight excluding hydrogens is 430 g/mol. The van der Waals surface area contributed by atoms with E-state index in [9.17, 15) is 35.9 Å². The fourth-order valence-corrected chi connectivity index (χ4v) is 2.83. The molecule has 1 heterocycles. The standard InChI is InChI=1S/C19H14F6N4O2/c1-2-29-16(31)13-5-3-4-6-14(13)26-17(29)28-27-15(30)10-7-11(18(20,21)22)9-12(8-10)19(23,24)25/h3-9H,2H2,1H3,(H,26,28)(H,27,30). The zero-order valence-electron chi connectivity index (χ0n) is 15.7. The number of amides is 1. The summed E-state index contributed by atoms with van der Waals surface area (Å²) in [4.78, 5) is 29.0. The molecule has 0 unspecified atom stereocenters. The van der Waals surface area contributed by atoms with Crippen LogP contribution in [0.5, 0.6) is 0 Å². The van der Waals surface area contributed by atoms with Gasteiger partial charge in [0.25, 0.3) is 11.5 Å². The number of nitrogens with one attached hydrogen (secondary N) is 2. The topological polar surface area (TPSA) is 76.0 Å². The molecule has 0 fully saturated rings. The van der Waals surface area contributed by atoms with Crippen LogP contribution >= 0.6 is 0 Å². The number of nitrogens with zero attached hydrogens (tertiary/aromatic N) is 2. The lowest BCUT2D eigenvalue weighted by molar-refractivity contribution is -0.143. The van der Waals surface area contributed by atoms with E-state index >= 15 is 0 Å². The number of para-hydroxylation sites is 1. The third-order valence-electron chi connectivity index (χ3n) is 4.32. The van der Waals surface area contributed by atoms with Crippen LogP contribution in [0.3, 0.4) is 0 Å². The van der Waals surface area contributed by atoms with Gasteiger partial charge in [-0.15, -0.1) is 0 Å². The predicted molar refractivity (Wildman–Crippen MR) is 99.2 cm³/mol. The molecule has 0 radical (unpaired) electrons. The highest BCUT2D eigenvalue weighted by Crippen LogP contribution is 2.36. The number of hydrazine groups is 1. The number of benzene rings is 2. The Bertz CT molecular complexity index is 1170. The van der Waals surface area contributed by atoms with E-state index in [1.807, 2.05) is 5.43 Å². The maximum Gasteiger partial charge on any atom is 0.416 e. The van der Waals surface area contributed by atoms with E-state index in [2.05, 4.69) is 10.4 Å². The van der Waals surface area contributed by atoms with E-state index in [1.54, 1.807) is 25.1 Å². The quantitative estimate of drug-likeness (QED) is 0.467. The van der Waals surface area contributed by atoms with Gasteiger partial charge < -0.3 is 0 Å². The van der Waals surface area contributed by atoms with Gasteiger partial charge in [0.1, 0.15) is 0 Å². The molecule has 3 aromatic rings. The minimum atomic E-state index is -5.09. The summed E-state index contributed by atoms with van der Waals surface area (Å²) in [6.45, 7) is 1.75. The number of fused-ring (bicyclic) bond motifs is 1. The first-order chi connectivity index (χ1) is 14.4. The van der Waals surface area contributed by atoms with Crippen molar-refractivity contribution in [2.45, 2.75) is 25.8 Å². The third kappa shape index (κ3) is 4.62. The molecule has 1 aromatic heterocycles. The summed E-state index contributed by atoms with van der Waals surface area (Å²) >= 11 is 0. The highest BCUT2D eigenvalue weighted by Gasteiger charge is 2.37. The number of carbonyl (C=O) groups is 1. The molecule has 31 heavy (non-hydrogen) atoms. The molecule has 12 heteroatoms. The van der Waals surface area contributed by atoms with Crippen molar-refractivity contribution in [3.05, 3.63) is 69.5 Å². The molecule has 6 nitrogen and oxygen atoms in total. The van der Waals surface area contributed by atoms with Crippen LogP contribution in [0, 0.1) is 0 Å². The molecule has 0 aliphatic rings. The largest absolute Gasteiger partial charge is 0.416 e. The smallest absolute Gasteiger partial charge is 0.277 e. The number of hydrogen-bond donors (Lipinski definition) is 2. The first-order valence-corrected chi connectivity index (χ1v) is 8.77. The van der Waals surface area contributed by atoms with Crippen molar-refractivity contribution < 1.29 is 31.1 Å². The fourth-order valence-electron chi connectivity index (χ4n) is 2.83. The van der Waals surface area contributed by atoms with Crippen molar-refractivity contribution in [3.8, 4) is 0 Å². The first-order valence-electron chi connectivity index (χ1n) is 8.77. The molecule has 0 bridgehead atoms. The third-order valence-corrected chi connectivity index (χ3v) is 4.32. The van der Waals surface area contributed by atoms with Gasteiger partial charge in [-0.1, -0.05) is 12.1 Å². The van der Waals surface area contributed by atoms with Crippen LogP contribution in [0.15, 0.2) is 47.3 Å². The number of alkyl halides is 6. The molecular formula is C19H14F6N4O2. The number of hydrogen-bond acceptors (Lipinski definition) is 4. The monoisotopic (exact) mass is 444 g/mol.